The van der Waals surface area contributed by atoms with Gasteiger partial charge in [-0.1, -0.05) is 31.2 Å². The molecule has 0 radical (unpaired) electrons. The second-order valence-electron chi connectivity index (χ2n) is 6.81. The van der Waals surface area contributed by atoms with Crippen molar-refractivity contribution in [2.45, 2.75) is 19.4 Å². The molecule has 1 unspecified atom stereocenters. The SMILES string of the molecule is CCc1ccc(C2/C(=C(/O)c3ccc(OC)cc3)C(=O)C(=O)N2CCOC)cc1. The van der Waals surface area contributed by atoms with Gasteiger partial charge in [0.25, 0.3) is 11.7 Å². The van der Waals surface area contributed by atoms with Crippen molar-refractivity contribution in [3.8, 4) is 5.75 Å². The fourth-order valence-corrected chi connectivity index (χ4v) is 3.49. The number of carbonyl (C=O) groups is 2. The number of hydrogen-bond acceptors (Lipinski definition) is 5. The smallest absolute Gasteiger partial charge is 0.295 e. The maximum Gasteiger partial charge on any atom is 0.295 e. The summed E-state index contributed by atoms with van der Waals surface area (Å²) in [5.74, 6) is -0.898. The average molecular weight is 395 g/mol. The molecule has 1 heterocycles. The molecule has 1 aliphatic heterocycles. The molecule has 0 bridgehead atoms. The van der Waals surface area contributed by atoms with Gasteiger partial charge >= 0.3 is 0 Å². The zero-order chi connectivity index (χ0) is 21.0. The Bertz CT molecular complexity index is 915. The maximum absolute atomic E-state index is 12.8. The van der Waals surface area contributed by atoms with Crippen LogP contribution in [0, 0.1) is 0 Å². The zero-order valence-corrected chi connectivity index (χ0v) is 16.8. The van der Waals surface area contributed by atoms with Gasteiger partial charge in [-0.3, -0.25) is 9.59 Å². The molecule has 29 heavy (non-hydrogen) atoms. The predicted octanol–water partition coefficient (Wildman–Crippen LogP) is 3.33. The largest absolute Gasteiger partial charge is 0.507 e. The van der Waals surface area contributed by atoms with E-state index < -0.39 is 17.7 Å². The lowest BCUT2D eigenvalue weighted by molar-refractivity contribution is -0.140. The molecule has 0 saturated carbocycles. The third-order valence-corrected chi connectivity index (χ3v) is 5.14. The number of likely N-dealkylation sites (tertiary alicyclic amines) is 1. The number of benzene rings is 2. The number of hydrogen-bond donors (Lipinski definition) is 1. The fraction of sp³-hybridized carbons (Fsp3) is 0.304. The average Bonchev–Trinajstić information content (AvgIpc) is 3.02. The van der Waals surface area contributed by atoms with E-state index in [4.69, 9.17) is 9.47 Å². The van der Waals surface area contributed by atoms with E-state index in [1.54, 1.807) is 38.5 Å². The van der Waals surface area contributed by atoms with Gasteiger partial charge in [0, 0.05) is 19.2 Å². The molecule has 6 nitrogen and oxygen atoms in total. The van der Waals surface area contributed by atoms with Crippen molar-refractivity contribution in [1.82, 2.24) is 4.90 Å². The molecule has 1 atom stereocenters. The van der Waals surface area contributed by atoms with Gasteiger partial charge in [0.1, 0.15) is 11.5 Å². The monoisotopic (exact) mass is 395 g/mol. The zero-order valence-electron chi connectivity index (χ0n) is 16.8. The Morgan fingerprint density at radius 1 is 1.03 bits per heavy atom. The van der Waals surface area contributed by atoms with Crippen molar-refractivity contribution < 1.29 is 24.2 Å². The minimum absolute atomic E-state index is 0.0838. The van der Waals surface area contributed by atoms with Crippen molar-refractivity contribution in [2.24, 2.45) is 0 Å². The van der Waals surface area contributed by atoms with Crippen LogP contribution >= 0.6 is 0 Å². The first-order valence-electron chi connectivity index (χ1n) is 9.52. The van der Waals surface area contributed by atoms with E-state index in [0.29, 0.717) is 17.9 Å². The molecule has 0 aromatic heterocycles. The lowest BCUT2D eigenvalue weighted by Gasteiger charge is -2.25. The number of aryl methyl sites for hydroxylation is 1. The number of amides is 1. The third kappa shape index (κ3) is 4.03. The van der Waals surface area contributed by atoms with Gasteiger partial charge < -0.3 is 19.5 Å². The van der Waals surface area contributed by atoms with Crippen molar-refractivity contribution in [2.75, 3.05) is 27.4 Å². The van der Waals surface area contributed by atoms with Gasteiger partial charge in [0.2, 0.25) is 0 Å². The summed E-state index contributed by atoms with van der Waals surface area (Å²) in [6.07, 6.45) is 0.885. The van der Waals surface area contributed by atoms with Gasteiger partial charge in [-0.25, -0.2) is 0 Å². The third-order valence-electron chi connectivity index (χ3n) is 5.14. The van der Waals surface area contributed by atoms with Gasteiger partial charge in [-0.15, -0.1) is 0 Å². The fourth-order valence-electron chi connectivity index (χ4n) is 3.49. The van der Waals surface area contributed by atoms with E-state index >= 15 is 0 Å². The summed E-state index contributed by atoms with van der Waals surface area (Å²) >= 11 is 0. The lowest BCUT2D eigenvalue weighted by Crippen LogP contribution is -2.32. The van der Waals surface area contributed by atoms with Crippen LogP contribution in [-0.4, -0.2) is 49.1 Å². The van der Waals surface area contributed by atoms with Crippen LogP contribution in [0.15, 0.2) is 54.1 Å². The Morgan fingerprint density at radius 3 is 2.24 bits per heavy atom. The molecule has 2 aromatic rings. The van der Waals surface area contributed by atoms with Crippen LogP contribution in [0.25, 0.3) is 5.76 Å². The van der Waals surface area contributed by atoms with E-state index in [-0.39, 0.29) is 17.9 Å². The van der Waals surface area contributed by atoms with E-state index in [9.17, 15) is 14.7 Å². The molecule has 152 valence electrons. The highest BCUT2D eigenvalue weighted by Crippen LogP contribution is 2.39. The predicted molar refractivity (Wildman–Crippen MR) is 110 cm³/mol. The second kappa shape index (κ2) is 8.92. The highest BCUT2D eigenvalue weighted by atomic mass is 16.5. The molecular weight excluding hydrogens is 370 g/mol. The van der Waals surface area contributed by atoms with E-state index in [0.717, 1.165) is 17.5 Å². The summed E-state index contributed by atoms with van der Waals surface area (Å²) in [6.45, 7) is 2.60. The molecule has 1 saturated heterocycles. The number of aliphatic hydroxyl groups is 1. The van der Waals surface area contributed by atoms with Crippen LogP contribution in [0.5, 0.6) is 5.75 Å². The summed E-state index contributed by atoms with van der Waals surface area (Å²) in [4.78, 5) is 27.0. The van der Waals surface area contributed by atoms with Crippen LogP contribution in [0.2, 0.25) is 0 Å². The van der Waals surface area contributed by atoms with E-state index in [1.165, 1.54) is 4.90 Å². The molecular formula is C23H25NO5. The first-order chi connectivity index (χ1) is 14.0. The Morgan fingerprint density at radius 2 is 1.69 bits per heavy atom. The molecule has 0 spiro atoms. The summed E-state index contributed by atoms with van der Waals surface area (Å²) in [5.41, 5.74) is 2.46. The quantitative estimate of drug-likeness (QED) is 0.442. The number of rotatable bonds is 7. The standard InChI is InChI=1S/C23H25NO5/c1-4-15-5-7-16(8-6-15)20-19(22(26)23(27)24(20)13-14-28-2)21(25)17-9-11-18(29-3)12-10-17/h5-12,20,25H,4,13-14H2,1-3H3/b21-19-. The van der Waals surface area contributed by atoms with Crippen LogP contribution in [0.1, 0.15) is 29.7 Å². The molecule has 1 amide bonds. The first kappa shape index (κ1) is 20.6. The van der Waals surface area contributed by atoms with Crippen molar-refractivity contribution in [1.29, 1.82) is 0 Å². The molecule has 2 aromatic carbocycles. The molecule has 1 fully saturated rings. The van der Waals surface area contributed by atoms with Crippen LogP contribution in [0.4, 0.5) is 0 Å². The number of methoxy groups -OCH3 is 2. The van der Waals surface area contributed by atoms with Crippen LogP contribution in [0.3, 0.4) is 0 Å². The molecule has 1 N–H and O–H groups in total. The van der Waals surface area contributed by atoms with Crippen molar-refractivity contribution >= 4 is 17.4 Å². The van der Waals surface area contributed by atoms with Gasteiger partial charge in [-0.05, 0) is 41.8 Å². The molecule has 6 heteroatoms. The van der Waals surface area contributed by atoms with E-state index in [1.807, 2.05) is 24.3 Å². The lowest BCUT2D eigenvalue weighted by atomic mass is 9.94. The minimum atomic E-state index is -0.695. The van der Waals surface area contributed by atoms with Crippen LogP contribution in [-0.2, 0) is 20.7 Å². The highest BCUT2D eigenvalue weighted by molar-refractivity contribution is 6.46. The number of ether oxygens (including phenoxy) is 2. The van der Waals surface area contributed by atoms with Crippen molar-refractivity contribution in [3.63, 3.8) is 0 Å². The molecule has 3 rings (SSSR count). The Hall–Kier alpha value is -3.12. The first-order valence-corrected chi connectivity index (χ1v) is 9.52. The second-order valence-corrected chi connectivity index (χ2v) is 6.81. The maximum atomic E-state index is 12.8. The van der Waals surface area contributed by atoms with Crippen LogP contribution < -0.4 is 4.74 Å². The summed E-state index contributed by atoms with van der Waals surface area (Å²) in [6, 6.07) is 13.8. The number of carbonyl (C=O) groups excluding carboxylic acids is 2. The molecule has 0 aliphatic carbocycles. The summed E-state index contributed by atoms with van der Waals surface area (Å²) < 4.78 is 10.3. The number of Topliss-reactive ketones (excluding diaryl/α,β-unsaturated/α-hetero) is 1. The Labute approximate surface area is 170 Å². The van der Waals surface area contributed by atoms with Gasteiger partial charge in [0.15, 0.2) is 0 Å². The van der Waals surface area contributed by atoms with E-state index in [2.05, 4.69) is 6.92 Å². The highest BCUT2D eigenvalue weighted by Gasteiger charge is 2.45. The minimum Gasteiger partial charge on any atom is -0.507 e. The molecule has 1 aliphatic rings. The Kier molecular flexibility index (Phi) is 6.34. The van der Waals surface area contributed by atoms with Gasteiger partial charge in [0.05, 0.1) is 25.3 Å². The Balaban J connectivity index is 2.11. The normalized spacial score (nSPS) is 18.3. The number of nitrogens with zero attached hydrogens (tertiary/aromatic N) is 1. The summed E-state index contributed by atoms with van der Waals surface area (Å²) in [7, 11) is 3.09. The summed E-state index contributed by atoms with van der Waals surface area (Å²) in [5, 5.41) is 11.0. The number of aliphatic hydroxyl groups excluding tert-OH is 1. The van der Waals surface area contributed by atoms with Gasteiger partial charge in [-0.2, -0.15) is 0 Å². The number of ketones is 1. The van der Waals surface area contributed by atoms with Crippen molar-refractivity contribution in [3.05, 3.63) is 70.8 Å². The topological polar surface area (TPSA) is 76.1 Å².